The Bertz CT molecular complexity index is 641. The van der Waals surface area contributed by atoms with Crippen LogP contribution in [-0.2, 0) is 17.1 Å². The molecule has 0 aromatic heterocycles. The SMILES string of the molecule is CC(c1ccc[cH-]1)N(C)C.C[Se]C/C=C/c1ccccc1.[Fe+2].c1cc[cH-]c1. The Balaban J connectivity index is 0.000000391. The third-order valence-corrected chi connectivity index (χ3v) is 4.98. The van der Waals surface area contributed by atoms with E-state index in [2.05, 4.69) is 92.4 Å². The number of hydrogen-bond acceptors (Lipinski definition) is 1. The monoisotopic (exact) mass is 469 g/mol. The van der Waals surface area contributed by atoms with Crippen LogP contribution in [0.1, 0.15) is 24.1 Å². The average molecular weight is 468 g/mol. The Morgan fingerprint density at radius 1 is 0.963 bits per heavy atom. The van der Waals surface area contributed by atoms with Gasteiger partial charge in [-0.15, -0.1) is 0 Å². The maximum atomic E-state index is 2.25. The van der Waals surface area contributed by atoms with Gasteiger partial charge < -0.3 is 4.90 Å². The molecule has 0 heterocycles. The zero-order chi connectivity index (χ0) is 19.0. The number of allylic oxidation sites excluding steroid dienone is 1. The average Bonchev–Trinajstić information content (AvgIpc) is 3.39. The molecule has 0 saturated carbocycles. The van der Waals surface area contributed by atoms with Crippen LogP contribution in [0.2, 0.25) is 11.1 Å². The normalized spacial score (nSPS) is 11.0. The molecule has 146 valence electrons. The molecule has 0 bridgehead atoms. The summed E-state index contributed by atoms with van der Waals surface area (Å²) in [6.45, 7) is 2.20. The summed E-state index contributed by atoms with van der Waals surface area (Å²) in [6, 6.07) is 29.4. The van der Waals surface area contributed by atoms with E-state index in [1.54, 1.807) is 0 Å². The first kappa shape index (κ1) is 25.7. The molecule has 0 radical (unpaired) electrons. The Kier molecular flexibility index (Phi) is 16.0. The third-order valence-electron chi connectivity index (χ3n) is 3.87. The second-order valence-corrected chi connectivity index (χ2v) is 8.00. The van der Waals surface area contributed by atoms with Gasteiger partial charge in [0.15, 0.2) is 0 Å². The number of hydrogen-bond donors (Lipinski definition) is 0. The van der Waals surface area contributed by atoms with Crippen LogP contribution in [0.15, 0.2) is 91.0 Å². The maximum absolute atomic E-state index is 2.25. The summed E-state index contributed by atoms with van der Waals surface area (Å²) in [7, 11) is 4.19. The van der Waals surface area contributed by atoms with Crippen molar-refractivity contribution >= 4 is 21.0 Å². The molecule has 1 unspecified atom stereocenters. The van der Waals surface area contributed by atoms with Crippen LogP contribution in [-0.4, -0.2) is 34.0 Å². The molecule has 0 aliphatic heterocycles. The second-order valence-electron chi connectivity index (χ2n) is 6.09. The van der Waals surface area contributed by atoms with Gasteiger partial charge in [0.05, 0.1) is 0 Å². The van der Waals surface area contributed by atoms with Crippen molar-refractivity contribution in [1.29, 1.82) is 0 Å². The zero-order valence-corrected chi connectivity index (χ0v) is 19.5. The van der Waals surface area contributed by atoms with E-state index in [0.717, 1.165) is 15.0 Å². The topological polar surface area (TPSA) is 3.24 Å². The van der Waals surface area contributed by atoms with Gasteiger partial charge in [-0.05, 0) is 21.0 Å². The van der Waals surface area contributed by atoms with Crippen LogP contribution in [0.5, 0.6) is 0 Å². The molecule has 0 spiro atoms. The number of rotatable bonds is 5. The predicted octanol–water partition coefficient (Wildman–Crippen LogP) is 6.30. The number of benzene rings is 1. The van der Waals surface area contributed by atoms with Crippen molar-refractivity contribution in [2.24, 2.45) is 0 Å². The molecular formula is C24H31FeNSe. The van der Waals surface area contributed by atoms with Gasteiger partial charge in [0.2, 0.25) is 0 Å². The molecule has 1 nitrogen and oxygen atoms in total. The van der Waals surface area contributed by atoms with Crippen LogP contribution in [0.4, 0.5) is 0 Å². The third kappa shape index (κ3) is 12.6. The molecule has 3 aromatic rings. The standard InChI is InChI=1S/C10H12Se.C9H14N.C5H5.Fe/c1-11-9-5-8-10-6-3-2-4-7-10;1-8(10(2)3)9-6-4-5-7-9;1-2-4-5-3-1;/h2-8H,9H2,1H3;4-8H,1-3H3;1-5H;/q;2*-1;+2/b8-5+;;;. The summed E-state index contributed by atoms with van der Waals surface area (Å²) in [5, 5.41) is 1.24. The molecule has 0 N–H and O–H groups in total. The van der Waals surface area contributed by atoms with Crippen molar-refractivity contribution in [3.05, 3.63) is 102 Å². The van der Waals surface area contributed by atoms with E-state index in [-0.39, 0.29) is 17.1 Å². The van der Waals surface area contributed by atoms with E-state index in [1.807, 2.05) is 36.4 Å². The molecule has 3 heteroatoms. The molecular weight excluding hydrogens is 437 g/mol. The minimum Gasteiger partial charge on any atom is -0.214 e. The van der Waals surface area contributed by atoms with E-state index < -0.39 is 0 Å². The zero-order valence-electron chi connectivity index (χ0n) is 16.7. The fourth-order valence-electron chi connectivity index (χ4n) is 2.13. The molecule has 0 aliphatic carbocycles. The molecule has 0 fully saturated rings. The summed E-state index contributed by atoms with van der Waals surface area (Å²) in [5.41, 5.74) is 2.70. The first-order valence-corrected chi connectivity index (χ1v) is 11.8. The quantitative estimate of drug-likeness (QED) is 0.314. The van der Waals surface area contributed by atoms with Gasteiger partial charge in [0.1, 0.15) is 0 Å². The van der Waals surface area contributed by atoms with E-state index in [0.29, 0.717) is 6.04 Å². The van der Waals surface area contributed by atoms with Gasteiger partial charge in [0, 0.05) is 6.04 Å². The minimum absolute atomic E-state index is 0. The Labute approximate surface area is 182 Å². The molecule has 0 saturated heterocycles. The Hall–Kier alpha value is -1.34. The minimum atomic E-state index is 0. The maximum Gasteiger partial charge on any atom is 2.00 e. The molecule has 0 amide bonds. The predicted molar refractivity (Wildman–Crippen MR) is 118 cm³/mol. The first-order valence-electron chi connectivity index (χ1n) is 8.90. The second kappa shape index (κ2) is 16.8. The molecule has 27 heavy (non-hydrogen) atoms. The van der Waals surface area contributed by atoms with E-state index >= 15 is 0 Å². The van der Waals surface area contributed by atoms with Crippen molar-refractivity contribution in [3.63, 3.8) is 0 Å². The van der Waals surface area contributed by atoms with Crippen LogP contribution in [0.25, 0.3) is 6.08 Å². The fraction of sp³-hybridized carbons (Fsp3) is 0.250. The van der Waals surface area contributed by atoms with Gasteiger partial charge in [-0.2, -0.15) is 35.9 Å². The molecule has 1 atom stereocenters. The van der Waals surface area contributed by atoms with Crippen LogP contribution in [0, 0.1) is 0 Å². The smallest absolute Gasteiger partial charge is 0.214 e. The van der Waals surface area contributed by atoms with E-state index in [9.17, 15) is 0 Å². The van der Waals surface area contributed by atoms with Crippen molar-refractivity contribution in [1.82, 2.24) is 4.90 Å². The Morgan fingerprint density at radius 2 is 1.63 bits per heavy atom. The van der Waals surface area contributed by atoms with Crippen LogP contribution >= 0.6 is 0 Å². The van der Waals surface area contributed by atoms with E-state index in [1.165, 1.54) is 16.4 Å². The summed E-state index contributed by atoms with van der Waals surface area (Å²) in [4.78, 5) is 2.20. The van der Waals surface area contributed by atoms with E-state index in [4.69, 9.17) is 0 Å². The largest absolute Gasteiger partial charge is 2.00 e. The van der Waals surface area contributed by atoms with Crippen LogP contribution in [0.3, 0.4) is 0 Å². The van der Waals surface area contributed by atoms with Crippen LogP contribution < -0.4 is 0 Å². The summed E-state index contributed by atoms with van der Waals surface area (Å²) in [5.74, 6) is 2.25. The molecule has 3 aromatic carbocycles. The molecule has 3 rings (SSSR count). The van der Waals surface area contributed by atoms with Crippen molar-refractivity contribution in [2.45, 2.75) is 24.1 Å². The first-order chi connectivity index (χ1) is 12.6. The summed E-state index contributed by atoms with van der Waals surface area (Å²) in [6.07, 6.45) is 4.43. The van der Waals surface area contributed by atoms with Gasteiger partial charge >= 0.3 is 91.2 Å². The molecule has 0 aliphatic rings. The van der Waals surface area contributed by atoms with Crippen molar-refractivity contribution in [2.75, 3.05) is 14.1 Å². The Morgan fingerprint density at radius 3 is 2.07 bits per heavy atom. The fourth-order valence-corrected chi connectivity index (χ4v) is 2.74. The summed E-state index contributed by atoms with van der Waals surface area (Å²) < 4.78 is 0. The van der Waals surface area contributed by atoms with Gasteiger partial charge in [-0.1, -0.05) is 0 Å². The number of nitrogens with zero attached hydrogens (tertiary/aromatic N) is 1. The van der Waals surface area contributed by atoms with Gasteiger partial charge in [-0.3, -0.25) is 0 Å². The van der Waals surface area contributed by atoms with Gasteiger partial charge in [0.25, 0.3) is 0 Å². The summed E-state index contributed by atoms with van der Waals surface area (Å²) >= 11 is 0.769. The van der Waals surface area contributed by atoms with Crippen molar-refractivity contribution in [3.8, 4) is 0 Å². The van der Waals surface area contributed by atoms with Crippen molar-refractivity contribution < 1.29 is 17.1 Å². The van der Waals surface area contributed by atoms with Gasteiger partial charge in [-0.25, -0.2) is 24.3 Å².